The van der Waals surface area contributed by atoms with E-state index in [2.05, 4.69) is 33.6 Å². The smallest absolute Gasteiger partial charge is 0.289 e. The van der Waals surface area contributed by atoms with Crippen molar-refractivity contribution in [2.45, 2.75) is 33.2 Å². The van der Waals surface area contributed by atoms with Crippen LogP contribution < -0.4 is 10.6 Å². The highest BCUT2D eigenvalue weighted by Crippen LogP contribution is 2.16. The fourth-order valence-electron chi connectivity index (χ4n) is 2.07. The van der Waals surface area contributed by atoms with E-state index in [1.54, 1.807) is 6.92 Å². The van der Waals surface area contributed by atoms with E-state index in [-0.39, 0.29) is 5.84 Å². The van der Waals surface area contributed by atoms with E-state index in [0.29, 0.717) is 12.8 Å². The van der Waals surface area contributed by atoms with E-state index in [0.717, 1.165) is 17.7 Å². The molecule has 1 rings (SSSR count). The van der Waals surface area contributed by atoms with Crippen LogP contribution >= 0.6 is 0 Å². The van der Waals surface area contributed by atoms with Crippen LogP contribution in [0.5, 0.6) is 0 Å². The summed E-state index contributed by atoms with van der Waals surface area (Å²) in [6.07, 6.45) is 3.16. The van der Waals surface area contributed by atoms with Gasteiger partial charge in [-0.3, -0.25) is 9.79 Å². The number of benzene rings is 1. The maximum absolute atomic E-state index is 12.0. The molecule has 6 heteroatoms. The van der Waals surface area contributed by atoms with Gasteiger partial charge in [0.1, 0.15) is 12.3 Å². The molecule has 0 fully saturated rings. The Morgan fingerprint density at radius 1 is 1.39 bits per heavy atom. The summed E-state index contributed by atoms with van der Waals surface area (Å²) in [7, 11) is 1.48. The van der Waals surface area contributed by atoms with Gasteiger partial charge in [-0.25, -0.2) is 4.99 Å². The van der Waals surface area contributed by atoms with Crippen molar-refractivity contribution in [3.8, 4) is 0 Å². The average Bonchev–Trinajstić information content (AvgIpc) is 2.56. The Morgan fingerprint density at radius 3 is 2.65 bits per heavy atom. The second kappa shape index (κ2) is 9.50. The first-order chi connectivity index (χ1) is 11.0. The fraction of sp³-hybridized carbons (Fsp3) is 0.412. The molecule has 0 aliphatic carbocycles. The zero-order chi connectivity index (χ0) is 17.2. The molecule has 6 nitrogen and oxygen atoms in total. The molecule has 0 spiro atoms. The van der Waals surface area contributed by atoms with E-state index in [1.165, 1.54) is 18.8 Å². The molecule has 0 aliphatic rings. The molecular weight excluding hydrogens is 292 g/mol. The second-order valence-corrected chi connectivity index (χ2v) is 5.03. The summed E-state index contributed by atoms with van der Waals surface area (Å²) in [6, 6.07) is 5.48. The normalized spacial score (nSPS) is 13.0. The molecule has 0 radical (unpaired) electrons. The van der Waals surface area contributed by atoms with Crippen LogP contribution in [0, 0.1) is 6.92 Å². The topological polar surface area (TPSA) is 82.9 Å². The molecule has 0 saturated carbocycles. The van der Waals surface area contributed by atoms with Crippen molar-refractivity contribution in [2.75, 3.05) is 18.9 Å². The van der Waals surface area contributed by atoms with Crippen molar-refractivity contribution in [1.29, 1.82) is 0 Å². The van der Waals surface area contributed by atoms with Gasteiger partial charge in [0, 0.05) is 25.5 Å². The Hall–Kier alpha value is -2.50. The molecule has 1 aromatic rings. The number of carbonyl (C=O) groups excluding carboxylic acids is 2. The molecule has 0 unspecified atom stereocenters. The van der Waals surface area contributed by atoms with Crippen molar-refractivity contribution < 1.29 is 9.59 Å². The monoisotopic (exact) mass is 316 g/mol. The third-order valence-electron chi connectivity index (χ3n) is 3.36. The number of aliphatic imine (C=N–C) groups is 2. The average molecular weight is 316 g/mol. The van der Waals surface area contributed by atoms with Crippen LogP contribution in [0.25, 0.3) is 0 Å². The first-order valence-electron chi connectivity index (χ1n) is 7.60. The number of amides is 1. The first-order valence-corrected chi connectivity index (χ1v) is 7.60. The van der Waals surface area contributed by atoms with Crippen LogP contribution in [-0.2, 0) is 16.0 Å². The van der Waals surface area contributed by atoms with Crippen LogP contribution in [0.4, 0.5) is 5.69 Å². The second-order valence-electron chi connectivity index (χ2n) is 5.03. The number of aryl methyl sites for hydroxylation is 2. The lowest BCUT2D eigenvalue weighted by Crippen LogP contribution is -2.43. The largest absolute Gasteiger partial charge is 0.382 e. The number of anilines is 1. The van der Waals surface area contributed by atoms with E-state index in [9.17, 15) is 9.59 Å². The summed E-state index contributed by atoms with van der Waals surface area (Å²) < 4.78 is 0. The lowest BCUT2D eigenvalue weighted by molar-refractivity contribution is -0.118. The van der Waals surface area contributed by atoms with Crippen LogP contribution in [0.1, 0.15) is 25.0 Å². The van der Waals surface area contributed by atoms with Gasteiger partial charge in [-0.1, -0.05) is 19.1 Å². The maximum atomic E-state index is 12.0. The number of rotatable bonds is 6. The van der Waals surface area contributed by atoms with Crippen molar-refractivity contribution >= 4 is 29.9 Å². The van der Waals surface area contributed by atoms with Crippen molar-refractivity contribution in [1.82, 2.24) is 5.32 Å². The van der Waals surface area contributed by atoms with E-state index in [4.69, 9.17) is 0 Å². The molecule has 1 amide bonds. The third kappa shape index (κ3) is 5.65. The van der Waals surface area contributed by atoms with Gasteiger partial charge >= 0.3 is 0 Å². The van der Waals surface area contributed by atoms with Gasteiger partial charge in [0.25, 0.3) is 5.91 Å². The van der Waals surface area contributed by atoms with Gasteiger partial charge < -0.3 is 15.4 Å². The highest BCUT2D eigenvalue weighted by Gasteiger charge is 2.15. The molecule has 0 aliphatic heterocycles. The number of carbonyl (C=O) groups is 2. The Bertz CT molecular complexity index is 609. The number of hydrogen-bond acceptors (Lipinski definition) is 4. The number of amidine groups is 1. The highest BCUT2D eigenvalue weighted by atomic mass is 16.2. The SMILES string of the molecule is CC=NC(=NC)C(=O)N[C@H](C=O)CNc1ccc(CC)cc1C. The molecule has 1 atom stereocenters. The van der Waals surface area contributed by atoms with Gasteiger partial charge in [-0.15, -0.1) is 0 Å². The number of nitrogens with one attached hydrogen (secondary N) is 2. The molecule has 1 aromatic carbocycles. The summed E-state index contributed by atoms with van der Waals surface area (Å²) >= 11 is 0. The minimum absolute atomic E-state index is 0.0443. The zero-order valence-electron chi connectivity index (χ0n) is 14.1. The van der Waals surface area contributed by atoms with Gasteiger partial charge in [-0.05, 0) is 37.5 Å². The predicted octanol–water partition coefficient (Wildman–Crippen LogP) is 1.77. The molecule has 0 heterocycles. The van der Waals surface area contributed by atoms with Crippen LogP contribution in [0.15, 0.2) is 28.2 Å². The lowest BCUT2D eigenvalue weighted by atomic mass is 10.1. The van der Waals surface area contributed by atoms with Gasteiger partial charge in [0.05, 0.1) is 0 Å². The first kappa shape index (κ1) is 18.5. The molecule has 0 saturated heterocycles. The number of hydrogen-bond donors (Lipinski definition) is 2. The quantitative estimate of drug-likeness (QED) is 0.477. The standard InChI is InChI=1S/C17H24N4O2/c1-5-13-7-8-15(12(3)9-13)20-10-14(11-22)21-17(23)16(18-4)19-6-2/h6-9,11,14,20H,5,10H2,1-4H3,(H,21,23)/t14-/m0/s1. The highest BCUT2D eigenvalue weighted by molar-refractivity contribution is 6.39. The zero-order valence-corrected chi connectivity index (χ0v) is 14.1. The summed E-state index contributed by atoms with van der Waals surface area (Å²) in [5.41, 5.74) is 3.31. The number of aldehydes is 1. The molecule has 0 bridgehead atoms. The van der Waals surface area contributed by atoms with Gasteiger partial charge in [-0.2, -0.15) is 0 Å². The summed E-state index contributed by atoms with van der Waals surface area (Å²) in [6.45, 7) is 6.10. The summed E-state index contributed by atoms with van der Waals surface area (Å²) in [5, 5.41) is 5.79. The van der Waals surface area contributed by atoms with E-state index < -0.39 is 11.9 Å². The van der Waals surface area contributed by atoms with Crippen molar-refractivity contribution in [2.24, 2.45) is 9.98 Å². The fourth-order valence-corrected chi connectivity index (χ4v) is 2.07. The van der Waals surface area contributed by atoms with Crippen LogP contribution in [0.2, 0.25) is 0 Å². The predicted molar refractivity (Wildman–Crippen MR) is 94.6 cm³/mol. The minimum atomic E-state index is -0.656. The van der Waals surface area contributed by atoms with E-state index in [1.807, 2.05) is 19.1 Å². The Balaban J connectivity index is 2.67. The molecule has 2 N–H and O–H groups in total. The summed E-state index contributed by atoms with van der Waals surface area (Å²) in [4.78, 5) is 30.8. The van der Waals surface area contributed by atoms with Gasteiger partial charge in [0.2, 0.25) is 5.84 Å². The molecule has 0 aromatic heterocycles. The Labute approximate surface area is 137 Å². The van der Waals surface area contributed by atoms with Crippen LogP contribution in [-0.4, -0.2) is 43.9 Å². The Morgan fingerprint density at radius 2 is 2.13 bits per heavy atom. The maximum Gasteiger partial charge on any atom is 0.289 e. The minimum Gasteiger partial charge on any atom is -0.382 e. The van der Waals surface area contributed by atoms with Gasteiger partial charge in [0.15, 0.2) is 0 Å². The third-order valence-corrected chi connectivity index (χ3v) is 3.36. The molecule has 23 heavy (non-hydrogen) atoms. The lowest BCUT2D eigenvalue weighted by Gasteiger charge is -2.16. The van der Waals surface area contributed by atoms with Crippen molar-refractivity contribution in [3.63, 3.8) is 0 Å². The molecular formula is C17H24N4O2. The number of nitrogens with zero attached hydrogens (tertiary/aromatic N) is 2. The van der Waals surface area contributed by atoms with E-state index >= 15 is 0 Å². The summed E-state index contributed by atoms with van der Waals surface area (Å²) in [5.74, 6) is -0.426. The Kier molecular flexibility index (Phi) is 7.66. The molecule has 124 valence electrons. The van der Waals surface area contributed by atoms with Crippen molar-refractivity contribution in [3.05, 3.63) is 29.3 Å². The van der Waals surface area contributed by atoms with Crippen LogP contribution in [0.3, 0.4) is 0 Å².